The number of likely N-dealkylation sites (tertiary alicyclic amines) is 1. The second kappa shape index (κ2) is 4.85. The van der Waals surface area contributed by atoms with E-state index in [0.29, 0.717) is 6.54 Å². The predicted octanol–water partition coefficient (Wildman–Crippen LogP) is 1.25. The Labute approximate surface area is 113 Å². The van der Waals surface area contributed by atoms with Crippen molar-refractivity contribution in [3.8, 4) is 0 Å². The highest BCUT2D eigenvalue weighted by molar-refractivity contribution is 5.87. The molecule has 0 aromatic heterocycles. The maximum Gasteiger partial charge on any atom is 0.245 e. The fourth-order valence-corrected chi connectivity index (χ4v) is 2.92. The van der Waals surface area contributed by atoms with Gasteiger partial charge in [-0.3, -0.25) is 4.79 Å². The zero-order chi connectivity index (χ0) is 13.4. The van der Waals surface area contributed by atoms with Crippen LogP contribution in [0.25, 0.3) is 0 Å². The molecule has 2 heterocycles. The van der Waals surface area contributed by atoms with Crippen LogP contribution in [0.3, 0.4) is 0 Å². The molecule has 3 rings (SSSR count). The first kappa shape index (κ1) is 12.5. The third-order valence-electron chi connectivity index (χ3n) is 4.30. The van der Waals surface area contributed by atoms with E-state index in [9.17, 15) is 9.90 Å². The second-order valence-corrected chi connectivity index (χ2v) is 5.68. The third kappa shape index (κ3) is 2.32. The highest BCUT2D eigenvalue weighted by atomic mass is 16.3. The van der Waals surface area contributed by atoms with Gasteiger partial charge in [0.2, 0.25) is 5.91 Å². The van der Waals surface area contributed by atoms with Crippen LogP contribution in [0.1, 0.15) is 18.9 Å². The van der Waals surface area contributed by atoms with Crippen LogP contribution in [0.15, 0.2) is 24.3 Å². The molecule has 0 radical (unpaired) electrons. The molecule has 1 saturated heterocycles. The van der Waals surface area contributed by atoms with Gasteiger partial charge in [0.25, 0.3) is 0 Å². The molecule has 0 spiro atoms. The number of aliphatic hydroxyl groups excluding tert-OH is 1. The van der Waals surface area contributed by atoms with Gasteiger partial charge in [0.1, 0.15) is 6.04 Å². The topological polar surface area (TPSA) is 52.6 Å². The molecule has 0 saturated carbocycles. The number of aliphatic hydroxyl groups is 1. The van der Waals surface area contributed by atoms with Gasteiger partial charge in [-0.1, -0.05) is 25.1 Å². The maximum atomic E-state index is 12.5. The minimum absolute atomic E-state index is 0.113. The molecule has 3 atom stereocenters. The van der Waals surface area contributed by atoms with Crippen molar-refractivity contribution in [2.75, 3.05) is 18.4 Å². The van der Waals surface area contributed by atoms with E-state index < -0.39 is 0 Å². The van der Waals surface area contributed by atoms with Gasteiger partial charge in [0.05, 0.1) is 6.10 Å². The van der Waals surface area contributed by atoms with Crippen molar-refractivity contribution in [2.45, 2.75) is 31.9 Å². The normalized spacial score (nSPS) is 29.8. The van der Waals surface area contributed by atoms with Crippen molar-refractivity contribution < 1.29 is 9.90 Å². The SMILES string of the molecule is CC1CCN(C(=O)C2Cc3ccccc3N2)CC1O. The van der Waals surface area contributed by atoms with Crippen molar-refractivity contribution in [2.24, 2.45) is 5.92 Å². The highest BCUT2D eigenvalue weighted by Crippen LogP contribution is 2.27. The Morgan fingerprint density at radius 2 is 2.21 bits per heavy atom. The van der Waals surface area contributed by atoms with Gasteiger partial charge in [-0.25, -0.2) is 0 Å². The van der Waals surface area contributed by atoms with Gasteiger partial charge in [0, 0.05) is 25.2 Å². The molecular weight excluding hydrogens is 240 g/mol. The molecular formula is C15H20N2O2. The van der Waals surface area contributed by atoms with Crippen LogP contribution < -0.4 is 5.32 Å². The Balaban J connectivity index is 1.67. The summed E-state index contributed by atoms with van der Waals surface area (Å²) < 4.78 is 0. The molecule has 1 aromatic carbocycles. The number of β-amino-alcohol motifs (C(OH)–C–C–N with tert-alkyl or cyclic N) is 1. The first-order valence-corrected chi connectivity index (χ1v) is 6.96. The molecule has 102 valence electrons. The number of hydrogen-bond donors (Lipinski definition) is 2. The average molecular weight is 260 g/mol. The van der Waals surface area contributed by atoms with Gasteiger partial charge < -0.3 is 15.3 Å². The standard InChI is InChI=1S/C15H20N2O2/c1-10-6-7-17(9-14(10)18)15(19)13-8-11-4-2-3-5-12(11)16-13/h2-5,10,13-14,16,18H,6-9H2,1H3. The molecule has 3 unspecified atom stereocenters. The van der Waals surface area contributed by atoms with Crippen LogP contribution in [-0.4, -0.2) is 41.1 Å². The minimum atomic E-state index is -0.388. The predicted molar refractivity (Wildman–Crippen MR) is 73.9 cm³/mol. The van der Waals surface area contributed by atoms with Crippen LogP contribution in [0.4, 0.5) is 5.69 Å². The lowest BCUT2D eigenvalue weighted by atomic mass is 9.95. The second-order valence-electron chi connectivity index (χ2n) is 5.68. The van der Waals surface area contributed by atoms with Gasteiger partial charge >= 0.3 is 0 Å². The summed E-state index contributed by atoms with van der Waals surface area (Å²) in [6.07, 6.45) is 1.24. The van der Waals surface area contributed by atoms with Gasteiger partial charge in [-0.15, -0.1) is 0 Å². The van der Waals surface area contributed by atoms with E-state index in [1.807, 2.05) is 25.1 Å². The van der Waals surface area contributed by atoms with E-state index in [4.69, 9.17) is 0 Å². The number of nitrogens with one attached hydrogen (secondary N) is 1. The molecule has 1 fully saturated rings. The Bertz CT molecular complexity index is 464. The number of piperidine rings is 1. The highest BCUT2D eigenvalue weighted by Gasteiger charge is 2.33. The molecule has 1 amide bonds. The van der Waals surface area contributed by atoms with Crippen molar-refractivity contribution in [1.82, 2.24) is 4.90 Å². The third-order valence-corrected chi connectivity index (χ3v) is 4.30. The smallest absolute Gasteiger partial charge is 0.245 e. The number of rotatable bonds is 1. The lowest BCUT2D eigenvalue weighted by molar-refractivity contribution is -0.136. The lowest BCUT2D eigenvalue weighted by Gasteiger charge is -2.35. The first-order valence-electron chi connectivity index (χ1n) is 6.96. The fourth-order valence-electron chi connectivity index (χ4n) is 2.92. The first-order chi connectivity index (χ1) is 9.15. The molecule has 2 aliphatic heterocycles. The molecule has 1 aromatic rings. The molecule has 0 aliphatic carbocycles. The zero-order valence-electron chi connectivity index (χ0n) is 11.2. The quantitative estimate of drug-likeness (QED) is 0.799. The maximum absolute atomic E-state index is 12.5. The minimum Gasteiger partial charge on any atom is -0.391 e. The van der Waals surface area contributed by atoms with E-state index in [0.717, 1.165) is 25.1 Å². The summed E-state index contributed by atoms with van der Waals surface area (Å²) in [5, 5.41) is 13.2. The summed E-state index contributed by atoms with van der Waals surface area (Å²) in [6, 6.07) is 7.88. The van der Waals surface area contributed by atoms with E-state index >= 15 is 0 Å². The summed E-state index contributed by atoms with van der Waals surface area (Å²) >= 11 is 0. The van der Waals surface area contributed by atoms with Gasteiger partial charge in [0.15, 0.2) is 0 Å². The summed E-state index contributed by atoms with van der Waals surface area (Å²) in [7, 11) is 0. The van der Waals surface area contributed by atoms with Crippen LogP contribution >= 0.6 is 0 Å². The number of amides is 1. The zero-order valence-corrected chi connectivity index (χ0v) is 11.2. The van der Waals surface area contributed by atoms with Gasteiger partial charge in [-0.2, -0.15) is 0 Å². The number of fused-ring (bicyclic) bond motifs is 1. The van der Waals surface area contributed by atoms with Crippen molar-refractivity contribution in [1.29, 1.82) is 0 Å². The number of carbonyl (C=O) groups is 1. The molecule has 4 heteroatoms. The molecule has 19 heavy (non-hydrogen) atoms. The van der Waals surface area contributed by atoms with E-state index in [1.165, 1.54) is 5.56 Å². The molecule has 2 N–H and O–H groups in total. The van der Waals surface area contributed by atoms with Crippen LogP contribution in [0.5, 0.6) is 0 Å². The van der Waals surface area contributed by atoms with Crippen LogP contribution in [-0.2, 0) is 11.2 Å². The summed E-state index contributed by atoms with van der Waals surface area (Å²) in [4.78, 5) is 14.3. The van der Waals surface area contributed by atoms with E-state index in [1.54, 1.807) is 4.90 Å². The number of benzene rings is 1. The van der Waals surface area contributed by atoms with Crippen molar-refractivity contribution in [3.05, 3.63) is 29.8 Å². The number of nitrogens with zero attached hydrogens (tertiary/aromatic N) is 1. The number of para-hydroxylation sites is 1. The largest absolute Gasteiger partial charge is 0.391 e. The Morgan fingerprint density at radius 1 is 1.42 bits per heavy atom. The molecule has 2 aliphatic rings. The van der Waals surface area contributed by atoms with Crippen molar-refractivity contribution in [3.63, 3.8) is 0 Å². The number of anilines is 1. The Kier molecular flexibility index (Phi) is 3.19. The monoisotopic (exact) mass is 260 g/mol. The molecule has 4 nitrogen and oxygen atoms in total. The Morgan fingerprint density at radius 3 is 2.95 bits per heavy atom. The summed E-state index contributed by atoms with van der Waals surface area (Å²) in [5.41, 5.74) is 2.26. The Hall–Kier alpha value is -1.55. The summed E-state index contributed by atoms with van der Waals surface area (Å²) in [6.45, 7) is 3.26. The van der Waals surface area contributed by atoms with Crippen LogP contribution in [0, 0.1) is 5.92 Å². The molecule has 0 bridgehead atoms. The summed E-state index contributed by atoms with van der Waals surface area (Å²) in [5.74, 6) is 0.403. The van der Waals surface area contributed by atoms with E-state index in [2.05, 4.69) is 11.4 Å². The van der Waals surface area contributed by atoms with E-state index in [-0.39, 0.29) is 24.0 Å². The average Bonchev–Trinajstić information content (AvgIpc) is 2.85. The van der Waals surface area contributed by atoms with Crippen LogP contribution in [0.2, 0.25) is 0 Å². The number of hydrogen-bond acceptors (Lipinski definition) is 3. The fraction of sp³-hybridized carbons (Fsp3) is 0.533. The van der Waals surface area contributed by atoms with Crippen molar-refractivity contribution >= 4 is 11.6 Å². The van der Waals surface area contributed by atoms with Gasteiger partial charge in [-0.05, 0) is 24.0 Å². The number of carbonyl (C=O) groups excluding carboxylic acids is 1. The lowest BCUT2D eigenvalue weighted by Crippen LogP contribution is -2.50.